The second kappa shape index (κ2) is 16.5. The fourth-order valence-electron chi connectivity index (χ4n) is 0.866. The molecule has 0 aromatic heterocycles. The highest BCUT2D eigenvalue weighted by Gasteiger charge is 2.02. The summed E-state index contributed by atoms with van der Waals surface area (Å²) in [6.07, 6.45) is 2.18. The van der Waals surface area contributed by atoms with Crippen LogP contribution in [0, 0.1) is 0 Å². The summed E-state index contributed by atoms with van der Waals surface area (Å²) in [7, 11) is -1.24. The highest BCUT2D eigenvalue weighted by atomic mass is 28.3. The minimum absolute atomic E-state index is 0.858. The molecule has 0 aliphatic carbocycles. The van der Waals surface area contributed by atoms with E-state index in [9.17, 15) is 0 Å². The minimum Gasteiger partial charge on any atom is -0.397 e. The van der Waals surface area contributed by atoms with Gasteiger partial charge in [0.25, 0.3) is 0 Å². The largest absolute Gasteiger partial charge is 0.397 e. The molecule has 3 nitrogen and oxygen atoms in total. The van der Waals surface area contributed by atoms with Crippen molar-refractivity contribution >= 4 is 9.28 Å². The Morgan fingerprint density at radius 3 is 1.47 bits per heavy atom. The Morgan fingerprint density at radius 1 is 0.867 bits per heavy atom. The lowest BCUT2D eigenvalue weighted by molar-refractivity contribution is 0.202. The highest BCUT2D eigenvalue weighted by Crippen LogP contribution is 1.91. The van der Waals surface area contributed by atoms with Crippen LogP contribution in [0.3, 0.4) is 0 Å². The number of rotatable bonds is 8. The topological polar surface area (TPSA) is 30.5 Å². The van der Waals surface area contributed by atoms with Crippen molar-refractivity contribution in [2.24, 2.45) is 0 Å². The van der Waals surface area contributed by atoms with E-state index in [4.69, 9.17) is 8.85 Å². The molecule has 0 unspecified atom stereocenters. The van der Waals surface area contributed by atoms with Crippen molar-refractivity contribution in [3.63, 3.8) is 0 Å². The fourth-order valence-corrected chi connectivity index (χ4v) is 2.10. The van der Waals surface area contributed by atoms with Crippen LogP contribution < -0.4 is 5.32 Å². The average Bonchev–Trinajstić information content (AvgIpc) is 2.25. The first-order valence-electron chi connectivity index (χ1n) is 6.16. The van der Waals surface area contributed by atoms with E-state index in [1.807, 2.05) is 0 Å². The van der Waals surface area contributed by atoms with Gasteiger partial charge in [0.1, 0.15) is 0 Å². The van der Waals surface area contributed by atoms with Gasteiger partial charge in [-0.3, -0.25) is 0 Å². The van der Waals surface area contributed by atoms with E-state index in [-0.39, 0.29) is 0 Å². The van der Waals surface area contributed by atoms with Gasteiger partial charge in [0.05, 0.1) is 0 Å². The van der Waals surface area contributed by atoms with Crippen molar-refractivity contribution in [2.45, 2.75) is 47.1 Å². The van der Waals surface area contributed by atoms with Crippen LogP contribution in [0.15, 0.2) is 0 Å². The van der Waals surface area contributed by atoms with E-state index < -0.39 is 9.28 Å². The molecule has 0 aromatic rings. The maximum Gasteiger partial charge on any atom is 0.318 e. The van der Waals surface area contributed by atoms with E-state index in [2.05, 4.69) is 39.6 Å². The lowest BCUT2D eigenvalue weighted by Crippen LogP contribution is -2.19. The number of hydrogen-bond acceptors (Lipinski definition) is 3. The van der Waals surface area contributed by atoms with Crippen molar-refractivity contribution < 1.29 is 8.85 Å². The van der Waals surface area contributed by atoms with Gasteiger partial charge in [-0.15, -0.1) is 0 Å². The van der Waals surface area contributed by atoms with E-state index in [1.165, 1.54) is 0 Å². The van der Waals surface area contributed by atoms with E-state index in [1.54, 1.807) is 0 Å². The molecule has 0 rings (SSSR count). The zero-order valence-corrected chi connectivity index (χ0v) is 12.3. The van der Waals surface area contributed by atoms with E-state index >= 15 is 0 Å². The first-order valence-corrected chi connectivity index (χ1v) is 8.26. The predicted octanol–water partition coefficient (Wildman–Crippen LogP) is 2.31. The molecule has 0 radical (unpaired) electrons. The Bertz CT molecular complexity index is 94.6. The zero-order chi connectivity index (χ0) is 11.9. The van der Waals surface area contributed by atoms with Gasteiger partial charge < -0.3 is 14.2 Å². The summed E-state index contributed by atoms with van der Waals surface area (Å²) in [4.78, 5) is 0. The Morgan fingerprint density at radius 2 is 1.27 bits per heavy atom. The molecule has 0 aliphatic rings. The molecule has 0 heterocycles. The van der Waals surface area contributed by atoms with Gasteiger partial charge in [-0.25, -0.2) is 0 Å². The van der Waals surface area contributed by atoms with Crippen LogP contribution in [-0.4, -0.2) is 35.6 Å². The number of hydrogen-bond donors (Lipinski definition) is 1. The van der Waals surface area contributed by atoms with Crippen LogP contribution in [0.25, 0.3) is 0 Å². The molecule has 0 aromatic carbocycles. The summed E-state index contributed by atoms with van der Waals surface area (Å²) in [5, 5.41) is 3.11. The zero-order valence-electron chi connectivity index (χ0n) is 11.1. The van der Waals surface area contributed by atoms with Crippen molar-refractivity contribution in [3.8, 4) is 0 Å². The predicted molar refractivity (Wildman–Crippen MR) is 69.7 cm³/mol. The normalized spacial score (nSPS) is 10.0. The van der Waals surface area contributed by atoms with Crippen LogP contribution in [-0.2, 0) is 8.85 Å². The average molecular weight is 235 g/mol. The second-order valence-electron chi connectivity index (χ2n) is 3.27. The molecule has 15 heavy (non-hydrogen) atoms. The first-order chi connectivity index (χ1) is 7.22. The summed E-state index contributed by atoms with van der Waals surface area (Å²) in [6.45, 7) is 14.4. The molecule has 0 spiro atoms. The van der Waals surface area contributed by atoms with E-state index in [0.717, 1.165) is 39.1 Å². The quantitative estimate of drug-likeness (QED) is 0.655. The Hall–Kier alpha value is 0.0969. The summed E-state index contributed by atoms with van der Waals surface area (Å²) in [5.41, 5.74) is 0. The summed E-state index contributed by atoms with van der Waals surface area (Å²) in [5.74, 6) is 0. The second-order valence-corrected chi connectivity index (χ2v) is 5.07. The lowest BCUT2D eigenvalue weighted by atomic mass is 10.5. The van der Waals surface area contributed by atoms with E-state index in [0.29, 0.717) is 0 Å². The molecule has 0 atom stereocenters. The molecular formula is C11H29NO2Si. The smallest absolute Gasteiger partial charge is 0.318 e. The lowest BCUT2D eigenvalue weighted by Gasteiger charge is -2.10. The van der Waals surface area contributed by atoms with Crippen molar-refractivity contribution in [2.75, 3.05) is 26.3 Å². The van der Waals surface area contributed by atoms with Crippen LogP contribution in [0.2, 0.25) is 6.55 Å². The maximum atomic E-state index is 5.41. The summed E-state index contributed by atoms with van der Waals surface area (Å²) < 4.78 is 10.8. The monoisotopic (exact) mass is 235 g/mol. The first kappa shape index (κ1) is 17.5. The van der Waals surface area contributed by atoms with Crippen LogP contribution in [0.1, 0.15) is 40.5 Å². The molecule has 4 heteroatoms. The standard InChI is InChI=1S/C7H18O2Si.C4H11N/c1-4-6-8-10(3)9-7-5-2;1-3-5-4-2/h10H,4-7H2,1-3H3;5H,3-4H2,1-2H3. The third kappa shape index (κ3) is 20.2. The van der Waals surface area contributed by atoms with Gasteiger partial charge in [-0.1, -0.05) is 27.7 Å². The number of nitrogens with one attached hydrogen (secondary N) is 1. The van der Waals surface area contributed by atoms with Crippen molar-refractivity contribution in [3.05, 3.63) is 0 Å². The van der Waals surface area contributed by atoms with Gasteiger partial charge in [0.2, 0.25) is 0 Å². The van der Waals surface area contributed by atoms with Gasteiger partial charge in [0, 0.05) is 13.2 Å². The summed E-state index contributed by atoms with van der Waals surface area (Å²) >= 11 is 0. The summed E-state index contributed by atoms with van der Waals surface area (Å²) in [6, 6.07) is 0. The fraction of sp³-hybridized carbons (Fsp3) is 1.00. The molecule has 0 saturated carbocycles. The van der Waals surface area contributed by atoms with Gasteiger partial charge >= 0.3 is 9.28 Å². The maximum absolute atomic E-state index is 5.41. The molecule has 0 saturated heterocycles. The van der Waals surface area contributed by atoms with Crippen LogP contribution in [0.4, 0.5) is 0 Å². The van der Waals surface area contributed by atoms with Crippen molar-refractivity contribution in [1.82, 2.24) is 5.32 Å². The Balaban J connectivity index is 0. The molecule has 0 amide bonds. The highest BCUT2D eigenvalue weighted by molar-refractivity contribution is 6.42. The SMILES string of the molecule is CCCO[SiH](C)OCCC.CCNCC. The minimum atomic E-state index is -1.24. The van der Waals surface area contributed by atoms with Gasteiger partial charge in [-0.05, 0) is 32.5 Å². The van der Waals surface area contributed by atoms with Crippen LogP contribution >= 0.6 is 0 Å². The Kier molecular flexibility index (Phi) is 19.3. The van der Waals surface area contributed by atoms with Crippen molar-refractivity contribution in [1.29, 1.82) is 0 Å². The molecule has 1 N–H and O–H groups in total. The Labute approximate surface area is 97.4 Å². The molecule has 0 fully saturated rings. The van der Waals surface area contributed by atoms with Crippen LogP contribution in [0.5, 0.6) is 0 Å². The third-order valence-electron chi connectivity index (χ3n) is 1.61. The third-order valence-corrected chi connectivity index (χ3v) is 3.02. The molecular weight excluding hydrogens is 206 g/mol. The molecule has 0 bridgehead atoms. The molecule has 94 valence electrons. The molecule has 0 aliphatic heterocycles. The van der Waals surface area contributed by atoms with Gasteiger partial charge in [-0.2, -0.15) is 0 Å². The van der Waals surface area contributed by atoms with Gasteiger partial charge in [0.15, 0.2) is 0 Å².